The number of nitrogens with zero attached hydrogens (tertiary/aromatic N) is 1. The van der Waals surface area contributed by atoms with Gasteiger partial charge < -0.3 is 20.1 Å². The van der Waals surface area contributed by atoms with Crippen LogP contribution in [0.15, 0.2) is 42.6 Å². The molecule has 1 aromatic heterocycles. The number of pyridine rings is 1. The molecule has 2 rings (SSSR count). The number of amides is 2. The molecule has 152 valence electrons. The van der Waals surface area contributed by atoms with E-state index in [0.29, 0.717) is 18.2 Å². The molecule has 0 saturated heterocycles. The summed E-state index contributed by atoms with van der Waals surface area (Å²) < 4.78 is 35.0. The fraction of sp³-hybridized carbons (Fsp3) is 0.400. The summed E-state index contributed by atoms with van der Waals surface area (Å²) in [5, 5.41) is 5.47. The van der Waals surface area contributed by atoms with Gasteiger partial charge in [0.2, 0.25) is 5.88 Å². The SMILES string of the molecule is CCCCOc1ncccc1CNC(=O)NCc1cccc(OCC(F)F)c1. The van der Waals surface area contributed by atoms with Crippen molar-refractivity contribution in [3.8, 4) is 11.6 Å². The first-order valence-corrected chi connectivity index (χ1v) is 9.16. The Hall–Kier alpha value is -2.90. The molecule has 6 nitrogen and oxygen atoms in total. The van der Waals surface area contributed by atoms with E-state index in [1.54, 1.807) is 36.5 Å². The average Bonchev–Trinajstić information content (AvgIpc) is 2.70. The van der Waals surface area contributed by atoms with E-state index in [1.165, 1.54) is 0 Å². The molecule has 28 heavy (non-hydrogen) atoms. The predicted octanol–water partition coefficient (Wildman–Crippen LogP) is 3.90. The summed E-state index contributed by atoms with van der Waals surface area (Å²) in [6.45, 7) is 2.51. The first-order chi connectivity index (χ1) is 13.6. The van der Waals surface area contributed by atoms with Crippen LogP contribution in [-0.4, -0.2) is 30.7 Å². The number of carbonyl (C=O) groups excluding carboxylic acids is 1. The number of hydrogen-bond acceptors (Lipinski definition) is 4. The largest absolute Gasteiger partial charge is 0.488 e. The van der Waals surface area contributed by atoms with Crippen LogP contribution in [-0.2, 0) is 13.1 Å². The summed E-state index contributed by atoms with van der Waals surface area (Å²) in [6, 6.07) is 9.94. The van der Waals surface area contributed by atoms with Crippen LogP contribution in [0.2, 0.25) is 0 Å². The number of hydrogen-bond donors (Lipinski definition) is 2. The van der Waals surface area contributed by atoms with E-state index in [1.807, 2.05) is 6.07 Å². The molecule has 0 unspecified atom stereocenters. The van der Waals surface area contributed by atoms with Gasteiger partial charge in [-0.25, -0.2) is 18.6 Å². The maximum Gasteiger partial charge on any atom is 0.315 e. The fourth-order valence-corrected chi connectivity index (χ4v) is 2.33. The molecule has 0 spiro atoms. The molecule has 0 aliphatic rings. The smallest absolute Gasteiger partial charge is 0.315 e. The zero-order valence-corrected chi connectivity index (χ0v) is 15.8. The lowest BCUT2D eigenvalue weighted by Gasteiger charge is -2.12. The Kier molecular flexibility index (Phi) is 8.97. The van der Waals surface area contributed by atoms with E-state index in [0.717, 1.165) is 24.0 Å². The number of rotatable bonds is 11. The standard InChI is InChI=1S/C20H25F2N3O3/c1-2-3-10-27-19-16(7-5-9-23-19)13-25-20(26)24-12-15-6-4-8-17(11-15)28-14-18(21)22/h4-9,11,18H,2-3,10,12-14H2,1H3,(H2,24,25,26). The number of halogens is 2. The highest BCUT2D eigenvalue weighted by Crippen LogP contribution is 2.15. The predicted molar refractivity (Wildman–Crippen MR) is 102 cm³/mol. The molecule has 8 heteroatoms. The average molecular weight is 393 g/mol. The van der Waals surface area contributed by atoms with Crippen molar-refractivity contribution in [2.45, 2.75) is 39.3 Å². The van der Waals surface area contributed by atoms with Crippen LogP contribution in [0.5, 0.6) is 11.6 Å². The second-order valence-electron chi connectivity index (χ2n) is 6.06. The van der Waals surface area contributed by atoms with Crippen molar-refractivity contribution in [1.82, 2.24) is 15.6 Å². The quantitative estimate of drug-likeness (QED) is 0.568. The summed E-state index contributed by atoms with van der Waals surface area (Å²) in [5.74, 6) is 0.851. The van der Waals surface area contributed by atoms with Gasteiger partial charge in [-0.3, -0.25) is 0 Å². The van der Waals surface area contributed by atoms with Crippen LogP contribution in [0, 0.1) is 0 Å². The van der Waals surface area contributed by atoms with Gasteiger partial charge in [0, 0.05) is 24.8 Å². The van der Waals surface area contributed by atoms with Gasteiger partial charge in [-0.2, -0.15) is 0 Å². The zero-order valence-electron chi connectivity index (χ0n) is 15.8. The van der Waals surface area contributed by atoms with Crippen molar-refractivity contribution < 1.29 is 23.0 Å². The van der Waals surface area contributed by atoms with Gasteiger partial charge >= 0.3 is 6.03 Å². The molecule has 2 amide bonds. The van der Waals surface area contributed by atoms with Gasteiger partial charge in [0.25, 0.3) is 6.43 Å². The van der Waals surface area contributed by atoms with E-state index >= 15 is 0 Å². The van der Waals surface area contributed by atoms with Gasteiger partial charge in [-0.1, -0.05) is 31.5 Å². The molecule has 0 fully saturated rings. The Morgan fingerprint density at radius 1 is 1.14 bits per heavy atom. The molecular formula is C20H25F2N3O3. The van der Waals surface area contributed by atoms with Gasteiger partial charge in [-0.05, 0) is 30.2 Å². The second kappa shape index (κ2) is 11.7. The molecule has 0 aliphatic carbocycles. The summed E-state index contributed by atoms with van der Waals surface area (Å²) in [6.07, 6.45) is 1.07. The molecule has 1 heterocycles. The number of unbranched alkanes of at least 4 members (excludes halogenated alkanes) is 1. The van der Waals surface area contributed by atoms with Crippen molar-refractivity contribution in [1.29, 1.82) is 0 Å². The van der Waals surface area contributed by atoms with Crippen LogP contribution < -0.4 is 20.1 Å². The Morgan fingerprint density at radius 3 is 2.75 bits per heavy atom. The molecule has 2 aromatic rings. The van der Waals surface area contributed by atoms with Crippen molar-refractivity contribution in [2.75, 3.05) is 13.2 Å². The molecule has 2 N–H and O–H groups in total. The minimum absolute atomic E-state index is 0.241. The molecule has 0 radical (unpaired) electrons. The molecule has 0 aliphatic heterocycles. The first kappa shape index (κ1) is 21.4. The molecule has 0 saturated carbocycles. The fourth-order valence-electron chi connectivity index (χ4n) is 2.33. The van der Waals surface area contributed by atoms with Crippen molar-refractivity contribution in [3.63, 3.8) is 0 Å². The lowest BCUT2D eigenvalue weighted by Crippen LogP contribution is -2.34. The molecule has 1 aromatic carbocycles. The third-order valence-corrected chi connectivity index (χ3v) is 3.75. The molecule has 0 bridgehead atoms. The minimum atomic E-state index is -2.53. The van der Waals surface area contributed by atoms with Crippen LogP contribution >= 0.6 is 0 Å². The van der Waals surface area contributed by atoms with Gasteiger partial charge in [0.1, 0.15) is 12.4 Å². The monoisotopic (exact) mass is 393 g/mol. The van der Waals surface area contributed by atoms with Crippen molar-refractivity contribution in [3.05, 3.63) is 53.7 Å². The highest BCUT2D eigenvalue weighted by atomic mass is 19.3. The number of aromatic nitrogens is 1. The van der Waals surface area contributed by atoms with Crippen LogP contribution in [0.1, 0.15) is 30.9 Å². The van der Waals surface area contributed by atoms with E-state index in [4.69, 9.17) is 9.47 Å². The molecule has 0 atom stereocenters. The third-order valence-electron chi connectivity index (χ3n) is 3.75. The minimum Gasteiger partial charge on any atom is -0.488 e. The number of carbonyl (C=O) groups is 1. The van der Waals surface area contributed by atoms with Crippen molar-refractivity contribution in [2.24, 2.45) is 0 Å². The van der Waals surface area contributed by atoms with Crippen molar-refractivity contribution >= 4 is 6.03 Å². The Morgan fingerprint density at radius 2 is 1.96 bits per heavy atom. The topological polar surface area (TPSA) is 72.5 Å². The van der Waals surface area contributed by atoms with E-state index in [-0.39, 0.29) is 19.1 Å². The van der Waals surface area contributed by atoms with Crippen LogP contribution in [0.4, 0.5) is 13.6 Å². The highest BCUT2D eigenvalue weighted by Gasteiger charge is 2.08. The van der Waals surface area contributed by atoms with Gasteiger partial charge in [0.05, 0.1) is 6.61 Å². The van der Waals surface area contributed by atoms with Gasteiger partial charge in [0.15, 0.2) is 0 Å². The number of alkyl halides is 2. The van der Waals surface area contributed by atoms with E-state index in [2.05, 4.69) is 22.5 Å². The summed E-state index contributed by atoms with van der Waals surface area (Å²) in [7, 11) is 0. The number of urea groups is 1. The maximum absolute atomic E-state index is 12.2. The van der Waals surface area contributed by atoms with Gasteiger partial charge in [-0.15, -0.1) is 0 Å². The summed E-state index contributed by atoms with van der Waals surface area (Å²) in [4.78, 5) is 16.2. The molecular weight excluding hydrogens is 368 g/mol. The lowest BCUT2D eigenvalue weighted by atomic mass is 10.2. The second-order valence-corrected chi connectivity index (χ2v) is 6.06. The third kappa shape index (κ3) is 7.77. The zero-order chi connectivity index (χ0) is 20.2. The number of benzene rings is 1. The normalized spacial score (nSPS) is 10.6. The van der Waals surface area contributed by atoms with E-state index < -0.39 is 13.0 Å². The maximum atomic E-state index is 12.2. The Labute approximate surface area is 163 Å². The Balaban J connectivity index is 1.80. The van der Waals surface area contributed by atoms with Crippen LogP contribution in [0.25, 0.3) is 0 Å². The Bertz CT molecular complexity index is 744. The number of ether oxygens (including phenoxy) is 2. The lowest BCUT2D eigenvalue weighted by molar-refractivity contribution is 0.0818. The highest BCUT2D eigenvalue weighted by molar-refractivity contribution is 5.73. The van der Waals surface area contributed by atoms with E-state index in [9.17, 15) is 13.6 Å². The van der Waals surface area contributed by atoms with Crippen LogP contribution in [0.3, 0.4) is 0 Å². The summed E-state index contributed by atoms with van der Waals surface area (Å²) in [5.41, 5.74) is 1.53. The number of nitrogens with one attached hydrogen (secondary N) is 2. The first-order valence-electron chi connectivity index (χ1n) is 9.16. The summed E-state index contributed by atoms with van der Waals surface area (Å²) >= 11 is 0.